The summed E-state index contributed by atoms with van der Waals surface area (Å²) in [6.45, 7) is 1.63. The highest BCUT2D eigenvalue weighted by Gasteiger charge is 2.20. The Balaban J connectivity index is 3.90. The molecule has 11 heavy (non-hydrogen) atoms. The lowest BCUT2D eigenvalue weighted by Gasteiger charge is -2.19. The van der Waals surface area contributed by atoms with E-state index in [1.165, 1.54) is 0 Å². The fourth-order valence-electron chi connectivity index (χ4n) is 0.482. The Morgan fingerprint density at radius 3 is 2.27 bits per heavy atom. The summed E-state index contributed by atoms with van der Waals surface area (Å²) >= 11 is 0. The Labute approximate surface area is 66.0 Å². The van der Waals surface area contributed by atoms with Crippen LogP contribution >= 0.6 is 0 Å². The summed E-state index contributed by atoms with van der Waals surface area (Å²) in [6, 6.07) is 0. The van der Waals surface area contributed by atoms with Crippen molar-refractivity contribution in [2.75, 3.05) is 5.75 Å². The zero-order valence-corrected chi connectivity index (χ0v) is 7.13. The van der Waals surface area contributed by atoms with Gasteiger partial charge in [-0.3, -0.25) is 4.55 Å². The lowest BCUT2D eigenvalue weighted by atomic mass is 10.1. The number of nitrogens with two attached hydrogens (primary N) is 1. The SMILES string of the molecule is CCC(N)(O)CCS(=O)(=O)O. The lowest BCUT2D eigenvalue weighted by Crippen LogP contribution is -2.40. The van der Waals surface area contributed by atoms with Crippen molar-refractivity contribution in [2.24, 2.45) is 5.73 Å². The molecule has 0 fully saturated rings. The standard InChI is InChI=1S/C5H13NO4S/c1-2-5(6,7)3-4-11(8,9)10/h7H,2-4,6H2,1H3,(H,8,9,10). The fraction of sp³-hybridized carbons (Fsp3) is 1.00. The van der Waals surface area contributed by atoms with Crippen LogP contribution in [0.5, 0.6) is 0 Å². The van der Waals surface area contributed by atoms with E-state index < -0.39 is 21.6 Å². The third-order valence-electron chi connectivity index (χ3n) is 1.41. The summed E-state index contributed by atoms with van der Waals surface area (Å²) in [5.41, 5.74) is 3.71. The van der Waals surface area contributed by atoms with Crippen LogP contribution in [-0.4, -0.2) is 29.6 Å². The molecule has 68 valence electrons. The third-order valence-corrected chi connectivity index (χ3v) is 2.13. The van der Waals surface area contributed by atoms with Crippen LogP contribution in [0, 0.1) is 0 Å². The molecule has 6 heteroatoms. The first kappa shape index (κ1) is 10.8. The Bertz CT molecular complexity index is 209. The zero-order chi connectivity index (χ0) is 9.12. The van der Waals surface area contributed by atoms with Crippen LogP contribution in [0.15, 0.2) is 0 Å². The quantitative estimate of drug-likeness (QED) is 0.396. The highest BCUT2D eigenvalue weighted by molar-refractivity contribution is 7.85. The predicted molar refractivity (Wildman–Crippen MR) is 40.5 cm³/mol. The molecule has 5 nitrogen and oxygen atoms in total. The van der Waals surface area contributed by atoms with Crippen molar-refractivity contribution in [1.82, 2.24) is 0 Å². The van der Waals surface area contributed by atoms with Crippen LogP contribution in [0.3, 0.4) is 0 Å². The first-order valence-electron chi connectivity index (χ1n) is 3.23. The third kappa shape index (κ3) is 6.24. The highest BCUT2D eigenvalue weighted by Crippen LogP contribution is 2.07. The molecule has 4 N–H and O–H groups in total. The zero-order valence-electron chi connectivity index (χ0n) is 6.32. The normalized spacial score (nSPS) is 17.8. The van der Waals surface area contributed by atoms with Gasteiger partial charge in [0.15, 0.2) is 0 Å². The van der Waals surface area contributed by atoms with E-state index in [1.807, 2.05) is 0 Å². The minimum Gasteiger partial charge on any atom is -0.376 e. The molecule has 0 radical (unpaired) electrons. The van der Waals surface area contributed by atoms with Gasteiger partial charge < -0.3 is 10.8 Å². The maximum absolute atomic E-state index is 10.2. The van der Waals surface area contributed by atoms with Gasteiger partial charge in [0, 0.05) is 6.42 Å². The van der Waals surface area contributed by atoms with E-state index in [0.717, 1.165) is 0 Å². The molecule has 0 spiro atoms. The molecule has 0 aromatic heterocycles. The summed E-state index contributed by atoms with van der Waals surface area (Å²) in [7, 11) is -4.01. The maximum atomic E-state index is 10.2. The van der Waals surface area contributed by atoms with Gasteiger partial charge in [-0.1, -0.05) is 6.92 Å². The van der Waals surface area contributed by atoms with Gasteiger partial charge in [0.2, 0.25) is 0 Å². The van der Waals surface area contributed by atoms with Crippen LogP contribution in [0.1, 0.15) is 19.8 Å². The highest BCUT2D eigenvalue weighted by atomic mass is 32.2. The number of rotatable bonds is 4. The molecular formula is C5H13NO4S. The van der Waals surface area contributed by atoms with Gasteiger partial charge in [-0.05, 0) is 6.42 Å². The second-order valence-electron chi connectivity index (χ2n) is 2.49. The van der Waals surface area contributed by atoms with Gasteiger partial charge in [-0.15, -0.1) is 0 Å². The molecule has 0 amide bonds. The van der Waals surface area contributed by atoms with E-state index in [1.54, 1.807) is 6.92 Å². The smallest absolute Gasteiger partial charge is 0.265 e. The van der Waals surface area contributed by atoms with Crippen molar-refractivity contribution >= 4 is 10.1 Å². The van der Waals surface area contributed by atoms with E-state index in [9.17, 15) is 8.42 Å². The fourth-order valence-corrected chi connectivity index (χ4v) is 1.09. The van der Waals surface area contributed by atoms with E-state index in [0.29, 0.717) is 0 Å². The van der Waals surface area contributed by atoms with Gasteiger partial charge >= 0.3 is 0 Å². The average molecular weight is 183 g/mol. The molecule has 0 saturated carbocycles. The molecule has 0 aromatic rings. The molecule has 0 rings (SSSR count). The second kappa shape index (κ2) is 3.48. The van der Waals surface area contributed by atoms with Crippen LogP contribution in [0.2, 0.25) is 0 Å². The van der Waals surface area contributed by atoms with Crippen molar-refractivity contribution in [2.45, 2.75) is 25.5 Å². The van der Waals surface area contributed by atoms with E-state index >= 15 is 0 Å². The minimum absolute atomic E-state index is 0.150. The van der Waals surface area contributed by atoms with Crippen LogP contribution in [0.25, 0.3) is 0 Å². The van der Waals surface area contributed by atoms with E-state index in [-0.39, 0.29) is 12.8 Å². The van der Waals surface area contributed by atoms with Gasteiger partial charge in [0.1, 0.15) is 5.72 Å². The topological polar surface area (TPSA) is 101 Å². The largest absolute Gasteiger partial charge is 0.376 e. The van der Waals surface area contributed by atoms with E-state index in [4.69, 9.17) is 15.4 Å². The Morgan fingerprint density at radius 2 is 2.00 bits per heavy atom. The lowest BCUT2D eigenvalue weighted by molar-refractivity contribution is 0.0394. The molecule has 1 unspecified atom stereocenters. The summed E-state index contributed by atoms with van der Waals surface area (Å²) in [6.07, 6.45) is 0.102. The average Bonchev–Trinajstić information content (AvgIpc) is 1.83. The van der Waals surface area contributed by atoms with Gasteiger partial charge in [0.25, 0.3) is 10.1 Å². The maximum Gasteiger partial charge on any atom is 0.265 e. The van der Waals surface area contributed by atoms with Crippen LogP contribution in [0.4, 0.5) is 0 Å². The minimum atomic E-state index is -4.01. The first-order chi connectivity index (χ1) is 4.77. The van der Waals surface area contributed by atoms with Crippen molar-refractivity contribution in [3.05, 3.63) is 0 Å². The molecule has 0 aliphatic heterocycles. The molecular weight excluding hydrogens is 170 g/mol. The van der Waals surface area contributed by atoms with Gasteiger partial charge in [-0.2, -0.15) is 8.42 Å². The van der Waals surface area contributed by atoms with Crippen LogP contribution < -0.4 is 5.73 Å². The molecule has 0 bridgehead atoms. The van der Waals surface area contributed by atoms with Crippen molar-refractivity contribution in [1.29, 1.82) is 0 Å². The molecule has 0 heterocycles. The Kier molecular flexibility index (Phi) is 3.43. The summed E-state index contributed by atoms with van der Waals surface area (Å²) in [5, 5.41) is 9.09. The molecule has 0 aromatic carbocycles. The Hall–Kier alpha value is -0.170. The molecule has 1 atom stereocenters. The summed E-state index contributed by atoms with van der Waals surface area (Å²) in [5.74, 6) is -0.506. The monoisotopic (exact) mass is 183 g/mol. The molecule has 0 saturated heterocycles. The summed E-state index contributed by atoms with van der Waals surface area (Å²) in [4.78, 5) is 0. The van der Waals surface area contributed by atoms with Gasteiger partial charge in [0.05, 0.1) is 5.75 Å². The Morgan fingerprint density at radius 1 is 1.55 bits per heavy atom. The van der Waals surface area contributed by atoms with Crippen LogP contribution in [-0.2, 0) is 10.1 Å². The van der Waals surface area contributed by atoms with E-state index in [2.05, 4.69) is 0 Å². The predicted octanol–water partition coefficient (Wildman–Crippen LogP) is -0.678. The van der Waals surface area contributed by atoms with Gasteiger partial charge in [-0.25, -0.2) is 0 Å². The van der Waals surface area contributed by atoms with Crippen molar-refractivity contribution in [3.8, 4) is 0 Å². The van der Waals surface area contributed by atoms with Crippen molar-refractivity contribution < 1.29 is 18.1 Å². The number of aliphatic hydroxyl groups is 1. The number of hydrogen-bond acceptors (Lipinski definition) is 4. The molecule has 0 aliphatic rings. The molecule has 0 aliphatic carbocycles. The van der Waals surface area contributed by atoms with Crippen molar-refractivity contribution in [3.63, 3.8) is 0 Å². The second-order valence-corrected chi connectivity index (χ2v) is 4.07. The first-order valence-corrected chi connectivity index (χ1v) is 4.84. The summed E-state index contributed by atoms with van der Waals surface area (Å²) < 4.78 is 28.6. The number of hydrogen-bond donors (Lipinski definition) is 3.